The van der Waals surface area contributed by atoms with E-state index in [1.807, 2.05) is 43.0 Å². The van der Waals surface area contributed by atoms with Gasteiger partial charge in [0.2, 0.25) is 0 Å². The van der Waals surface area contributed by atoms with E-state index in [1.54, 1.807) is 0 Å². The number of nitrogens with two attached hydrogens (primary N) is 1. The molecule has 2 atom stereocenters. The number of halogens is 1. The predicted molar refractivity (Wildman–Crippen MR) is 106 cm³/mol. The molecule has 26 heavy (non-hydrogen) atoms. The molecule has 1 heterocycles. The van der Waals surface area contributed by atoms with Gasteiger partial charge in [0, 0.05) is 37.3 Å². The molecule has 146 valence electrons. The molecule has 7 heteroatoms. The van der Waals surface area contributed by atoms with Gasteiger partial charge in [0.25, 0.3) is 5.91 Å². The first-order chi connectivity index (χ1) is 11.9. The average Bonchev–Trinajstić information content (AvgIpc) is 2.59. The van der Waals surface area contributed by atoms with E-state index in [9.17, 15) is 9.59 Å². The Balaban J connectivity index is 0.00000338. The van der Waals surface area contributed by atoms with Crippen LogP contribution in [0.4, 0.5) is 4.79 Å². The van der Waals surface area contributed by atoms with Crippen molar-refractivity contribution in [1.29, 1.82) is 0 Å². The van der Waals surface area contributed by atoms with Crippen molar-refractivity contribution in [2.75, 3.05) is 13.1 Å². The number of benzene rings is 1. The molecule has 0 aromatic heterocycles. The Labute approximate surface area is 162 Å². The normalized spacial score (nSPS) is 19.7. The van der Waals surface area contributed by atoms with Gasteiger partial charge in [-0.15, -0.1) is 12.4 Å². The fraction of sp³-hybridized carbons (Fsp3) is 0.579. The van der Waals surface area contributed by atoms with E-state index < -0.39 is 0 Å². The van der Waals surface area contributed by atoms with Gasteiger partial charge in [0.05, 0.1) is 0 Å². The van der Waals surface area contributed by atoms with Gasteiger partial charge in [-0.1, -0.05) is 19.1 Å². The highest BCUT2D eigenvalue weighted by Gasteiger charge is 2.29. The quantitative estimate of drug-likeness (QED) is 0.731. The van der Waals surface area contributed by atoms with E-state index in [0.29, 0.717) is 24.6 Å². The lowest BCUT2D eigenvalue weighted by atomic mass is 9.92. The van der Waals surface area contributed by atoms with Crippen molar-refractivity contribution < 1.29 is 9.59 Å². The van der Waals surface area contributed by atoms with Crippen LogP contribution in [0, 0.1) is 5.92 Å². The summed E-state index contributed by atoms with van der Waals surface area (Å²) in [5.41, 5.74) is 7.48. The lowest BCUT2D eigenvalue weighted by Gasteiger charge is -2.38. The van der Waals surface area contributed by atoms with Crippen LogP contribution in [0.1, 0.15) is 49.5 Å². The molecule has 2 unspecified atom stereocenters. The maximum Gasteiger partial charge on any atom is 0.315 e. The standard InChI is InChI=1S/C19H30N4O2.ClH/c1-13(2)22-19(25)21-12-15-4-6-16(7-5-15)18(24)23-9-8-14(3)10-17(23)11-20;/h4-7,13-14,17H,8-12,20H2,1-3H3,(H2,21,22,25);1H. The zero-order valence-corrected chi connectivity index (χ0v) is 16.6. The molecule has 0 bridgehead atoms. The van der Waals surface area contributed by atoms with Crippen molar-refractivity contribution in [2.24, 2.45) is 11.7 Å². The SMILES string of the molecule is CC1CCN(C(=O)c2ccc(CNC(=O)NC(C)C)cc2)C(CN)C1.Cl. The second kappa shape index (κ2) is 10.4. The summed E-state index contributed by atoms with van der Waals surface area (Å²) < 4.78 is 0. The molecule has 1 saturated heterocycles. The fourth-order valence-electron chi connectivity index (χ4n) is 3.17. The van der Waals surface area contributed by atoms with Crippen LogP contribution < -0.4 is 16.4 Å². The third-order valence-corrected chi connectivity index (χ3v) is 4.58. The lowest BCUT2D eigenvalue weighted by molar-refractivity contribution is 0.0573. The number of amides is 3. The zero-order valence-electron chi connectivity index (χ0n) is 15.8. The van der Waals surface area contributed by atoms with Crippen LogP contribution in [0.2, 0.25) is 0 Å². The second-order valence-corrected chi connectivity index (χ2v) is 7.20. The van der Waals surface area contributed by atoms with Gasteiger partial charge in [0.1, 0.15) is 0 Å². The molecule has 1 aliphatic rings. The number of nitrogens with one attached hydrogen (secondary N) is 2. The van der Waals surface area contributed by atoms with E-state index in [1.165, 1.54) is 0 Å². The highest BCUT2D eigenvalue weighted by Crippen LogP contribution is 2.23. The van der Waals surface area contributed by atoms with Gasteiger partial charge in [-0.2, -0.15) is 0 Å². The Morgan fingerprint density at radius 3 is 2.50 bits per heavy atom. The van der Waals surface area contributed by atoms with Crippen molar-refractivity contribution in [3.05, 3.63) is 35.4 Å². The third kappa shape index (κ3) is 6.18. The second-order valence-electron chi connectivity index (χ2n) is 7.20. The van der Waals surface area contributed by atoms with Crippen molar-refractivity contribution in [3.8, 4) is 0 Å². The van der Waals surface area contributed by atoms with Crippen molar-refractivity contribution >= 4 is 24.3 Å². The Bertz CT molecular complexity index is 592. The number of nitrogens with zero attached hydrogens (tertiary/aromatic N) is 1. The highest BCUT2D eigenvalue weighted by molar-refractivity contribution is 5.94. The van der Waals surface area contributed by atoms with E-state index >= 15 is 0 Å². The van der Waals surface area contributed by atoms with Crippen LogP contribution in [-0.2, 0) is 6.54 Å². The monoisotopic (exact) mass is 382 g/mol. The molecule has 2 rings (SSSR count). The zero-order chi connectivity index (χ0) is 18.4. The summed E-state index contributed by atoms with van der Waals surface area (Å²) in [6, 6.07) is 7.44. The molecular formula is C19H31ClN4O2. The van der Waals surface area contributed by atoms with Crippen LogP contribution in [0.3, 0.4) is 0 Å². The van der Waals surface area contributed by atoms with Crippen molar-refractivity contribution in [1.82, 2.24) is 15.5 Å². The minimum Gasteiger partial charge on any atom is -0.336 e. The molecule has 0 spiro atoms. The van der Waals surface area contributed by atoms with E-state index in [0.717, 1.165) is 24.9 Å². The van der Waals surface area contributed by atoms with Crippen molar-refractivity contribution in [2.45, 2.75) is 52.2 Å². The maximum absolute atomic E-state index is 12.8. The summed E-state index contributed by atoms with van der Waals surface area (Å²) in [6.45, 7) is 7.73. The summed E-state index contributed by atoms with van der Waals surface area (Å²) in [5.74, 6) is 0.655. The number of piperidine rings is 1. The average molecular weight is 383 g/mol. The Morgan fingerprint density at radius 2 is 1.92 bits per heavy atom. The minimum absolute atomic E-state index is 0. The Kier molecular flexibility index (Phi) is 8.88. The molecule has 1 aromatic rings. The number of hydrogen-bond acceptors (Lipinski definition) is 3. The number of carbonyl (C=O) groups excluding carboxylic acids is 2. The molecular weight excluding hydrogens is 352 g/mol. The third-order valence-electron chi connectivity index (χ3n) is 4.58. The molecule has 1 fully saturated rings. The first-order valence-corrected chi connectivity index (χ1v) is 9.05. The molecule has 0 aliphatic carbocycles. The molecule has 6 nitrogen and oxygen atoms in total. The van der Waals surface area contributed by atoms with E-state index in [-0.39, 0.29) is 36.4 Å². The molecule has 1 aliphatic heterocycles. The van der Waals surface area contributed by atoms with Gasteiger partial charge in [-0.3, -0.25) is 4.79 Å². The number of carbonyl (C=O) groups is 2. The van der Waals surface area contributed by atoms with Gasteiger partial charge >= 0.3 is 6.03 Å². The molecule has 0 radical (unpaired) electrons. The number of hydrogen-bond donors (Lipinski definition) is 3. The first kappa shape index (κ1) is 22.3. The largest absolute Gasteiger partial charge is 0.336 e. The van der Waals surface area contributed by atoms with Crippen LogP contribution in [-0.4, -0.2) is 42.0 Å². The Hall–Kier alpha value is -1.79. The Morgan fingerprint density at radius 1 is 1.27 bits per heavy atom. The van der Waals surface area contributed by atoms with E-state index in [4.69, 9.17) is 5.73 Å². The smallest absolute Gasteiger partial charge is 0.315 e. The molecule has 1 aromatic carbocycles. The lowest BCUT2D eigenvalue weighted by Crippen LogP contribution is -2.49. The van der Waals surface area contributed by atoms with Crippen LogP contribution in [0.15, 0.2) is 24.3 Å². The summed E-state index contributed by atoms with van der Waals surface area (Å²) in [4.78, 5) is 26.3. The maximum atomic E-state index is 12.8. The van der Waals surface area contributed by atoms with Crippen LogP contribution in [0.25, 0.3) is 0 Å². The number of rotatable bonds is 5. The van der Waals surface area contributed by atoms with Gasteiger partial charge in [-0.05, 0) is 50.3 Å². The summed E-state index contributed by atoms with van der Waals surface area (Å²) >= 11 is 0. The fourth-order valence-corrected chi connectivity index (χ4v) is 3.17. The predicted octanol–water partition coefficient (Wildman–Crippen LogP) is 2.52. The van der Waals surface area contributed by atoms with Crippen LogP contribution in [0.5, 0.6) is 0 Å². The molecule has 0 saturated carbocycles. The molecule has 3 amide bonds. The summed E-state index contributed by atoms with van der Waals surface area (Å²) in [6.07, 6.45) is 1.99. The van der Waals surface area contributed by atoms with Gasteiger partial charge in [0.15, 0.2) is 0 Å². The van der Waals surface area contributed by atoms with Gasteiger partial charge < -0.3 is 21.3 Å². The number of urea groups is 1. The minimum atomic E-state index is -0.191. The van der Waals surface area contributed by atoms with Crippen LogP contribution >= 0.6 is 12.4 Å². The molecule has 4 N–H and O–H groups in total. The topological polar surface area (TPSA) is 87.5 Å². The number of likely N-dealkylation sites (tertiary alicyclic amines) is 1. The van der Waals surface area contributed by atoms with Crippen molar-refractivity contribution in [3.63, 3.8) is 0 Å². The van der Waals surface area contributed by atoms with Gasteiger partial charge in [-0.25, -0.2) is 4.79 Å². The van der Waals surface area contributed by atoms with E-state index in [2.05, 4.69) is 17.6 Å². The summed E-state index contributed by atoms with van der Waals surface area (Å²) in [5, 5.41) is 5.58. The highest BCUT2D eigenvalue weighted by atomic mass is 35.5. The summed E-state index contributed by atoms with van der Waals surface area (Å²) in [7, 11) is 0. The first-order valence-electron chi connectivity index (χ1n) is 9.05.